The Morgan fingerprint density at radius 2 is 1.74 bits per heavy atom. The third-order valence-corrected chi connectivity index (χ3v) is 4.64. The summed E-state index contributed by atoms with van der Waals surface area (Å²) in [4.78, 5) is 12.6. The lowest BCUT2D eigenvalue weighted by molar-refractivity contribution is 0.0940. The van der Waals surface area contributed by atoms with Gasteiger partial charge in [0.1, 0.15) is 11.5 Å². The van der Waals surface area contributed by atoms with E-state index in [2.05, 4.69) is 32.2 Å². The zero-order valence-electron chi connectivity index (χ0n) is 17.3. The fraction of sp³-hybridized carbons (Fsp3) is 0.435. The maximum Gasteiger partial charge on any atom is 0.251 e. The van der Waals surface area contributed by atoms with Gasteiger partial charge in [-0.25, -0.2) is 0 Å². The Kier molecular flexibility index (Phi) is 7.28. The van der Waals surface area contributed by atoms with Gasteiger partial charge in [-0.15, -0.1) is 0 Å². The third-order valence-electron chi connectivity index (χ3n) is 4.64. The summed E-state index contributed by atoms with van der Waals surface area (Å²) in [6, 6.07) is 11.4. The van der Waals surface area contributed by atoms with Crippen LogP contribution >= 0.6 is 0 Å². The van der Waals surface area contributed by atoms with Gasteiger partial charge in [-0.1, -0.05) is 20.8 Å². The Labute approximate surface area is 162 Å². The van der Waals surface area contributed by atoms with E-state index in [0.29, 0.717) is 18.1 Å². The highest BCUT2D eigenvalue weighted by molar-refractivity contribution is 5.94. The van der Waals surface area contributed by atoms with Gasteiger partial charge in [0.25, 0.3) is 5.91 Å². The zero-order valence-corrected chi connectivity index (χ0v) is 17.3. The summed E-state index contributed by atoms with van der Waals surface area (Å²) in [6.07, 6.45) is 0.958. The minimum Gasteiger partial charge on any atom is -0.496 e. The summed E-state index contributed by atoms with van der Waals surface area (Å²) in [5, 5.41) is 3.10. The summed E-state index contributed by atoms with van der Waals surface area (Å²) in [6.45, 7) is 11.1. The molecule has 1 N–H and O–H groups in total. The van der Waals surface area contributed by atoms with Gasteiger partial charge in [-0.2, -0.15) is 0 Å². The van der Waals surface area contributed by atoms with Gasteiger partial charge in [0, 0.05) is 5.56 Å². The monoisotopic (exact) mass is 369 g/mol. The standard InChI is InChI=1S/C23H31NO3/c1-7-12-27-19-10-8-18(9-11-19)23(25)24-17(5)21-14-20(15(2)3)22(26-6)13-16(21)4/h8-11,13-15,17H,7,12H2,1-6H3,(H,24,25)/t17-/m1/s1. The normalized spacial score (nSPS) is 12.0. The van der Waals surface area contributed by atoms with Crippen LogP contribution in [0, 0.1) is 6.92 Å². The highest BCUT2D eigenvalue weighted by Crippen LogP contribution is 2.32. The molecule has 0 bridgehead atoms. The van der Waals surface area contributed by atoms with E-state index in [1.54, 1.807) is 19.2 Å². The van der Waals surface area contributed by atoms with Crippen molar-refractivity contribution in [2.75, 3.05) is 13.7 Å². The molecule has 2 aromatic carbocycles. The van der Waals surface area contributed by atoms with E-state index < -0.39 is 0 Å². The lowest BCUT2D eigenvalue weighted by Crippen LogP contribution is -2.27. The molecule has 146 valence electrons. The Morgan fingerprint density at radius 1 is 1.07 bits per heavy atom. The molecule has 0 aromatic heterocycles. The van der Waals surface area contributed by atoms with E-state index in [9.17, 15) is 4.79 Å². The van der Waals surface area contributed by atoms with Crippen molar-refractivity contribution in [3.05, 3.63) is 58.7 Å². The minimum absolute atomic E-state index is 0.0918. The molecule has 0 fully saturated rings. The van der Waals surface area contributed by atoms with E-state index in [1.807, 2.05) is 32.0 Å². The van der Waals surface area contributed by atoms with E-state index in [0.717, 1.165) is 34.6 Å². The second kappa shape index (κ2) is 9.45. The summed E-state index contributed by atoms with van der Waals surface area (Å²) >= 11 is 0. The molecule has 2 rings (SSSR count). The first-order chi connectivity index (χ1) is 12.9. The average molecular weight is 370 g/mol. The van der Waals surface area contributed by atoms with E-state index in [1.165, 1.54) is 0 Å². The number of hydrogen-bond acceptors (Lipinski definition) is 3. The smallest absolute Gasteiger partial charge is 0.251 e. The van der Waals surface area contributed by atoms with Crippen LogP contribution in [0.1, 0.15) is 73.1 Å². The maximum absolute atomic E-state index is 12.6. The quantitative estimate of drug-likeness (QED) is 0.677. The molecule has 4 heteroatoms. The SMILES string of the molecule is CCCOc1ccc(C(=O)N[C@H](C)c2cc(C(C)C)c(OC)cc2C)cc1. The van der Waals surface area contributed by atoms with Gasteiger partial charge in [0.2, 0.25) is 0 Å². The van der Waals surface area contributed by atoms with Crippen molar-refractivity contribution in [1.29, 1.82) is 0 Å². The number of ether oxygens (including phenoxy) is 2. The lowest BCUT2D eigenvalue weighted by atomic mass is 9.93. The summed E-state index contributed by atoms with van der Waals surface area (Å²) in [5.74, 6) is 1.94. The summed E-state index contributed by atoms with van der Waals surface area (Å²) in [5.41, 5.74) is 3.99. The van der Waals surface area contributed by atoms with Crippen LogP contribution in [0.4, 0.5) is 0 Å². The number of nitrogens with one attached hydrogen (secondary N) is 1. The number of carbonyl (C=O) groups is 1. The Hall–Kier alpha value is -2.49. The molecule has 2 aromatic rings. The molecule has 0 aliphatic rings. The zero-order chi connectivity index (χ0) is 20.0. The second-order valence-corrected chi connectivity index (χ2v) is 7.17. The van der Waals surface area contributed by atoms with Gasteiger partial charge < -0.3 is 14.8 Å². The first-order valence-electron chi connectivity index (χ1n) is 9.59. The van der Waals surface area contributed by atoms with Crippen LogP contribution in [0.15, 0.2) is 36.4 Å². The summed E-state index contributed by atoms with van der Waals surface area (Å²) in [7, 11) is 1.69. The predicted octanol–water partition coefficient (Wildman–Crippen LogP) is 5.41. The van der Waals surface area contributed by atoms with E-state index >= 15 is 0 Å². The molecule has 0 heterocycles. The van der Waals surface area contributed by atoms with E-state index in [4.69, 9.17) is 9.47 Å². The molecule has 0 spiro atoms. The molecule has 1 amide bonds. The number of aryl methyl sites for hydroxylation is 1. The number of methoxy groups -OCH3 is 1. The molecule has 0 saturated carbocycles. The van der Waals surface area contributed by atoms with Crippen molar-refractivity contribution >= 4 is 5.91 Å². The Balaban J connectivity index is 2.15. The van der Waals surface area contributed by atoms with Crippen LogP contribution in [-0.2, 0) is 0 Å². The molecule has 0 aliphatic carbocycles. The molecular formula is C23H31NO3. The Bertz CT molecular complexity index is 766. The Morgan fingerprint density at radius 3 is 2.30 bits per heavy atom. The molecular weight excluding hydrogens is 338 g/mol. The molecule has 0 unspecified atom stereocenters. The second-order valence-electron chi connectivity index (χ2n) is 7.17. The van der Waals surface area contributed by atoms with Crippen LogP contribution in [0.3, 0.4) is 0 Å². The highest BCUT2D eigenvalue weighted by Gasteiger charge is 2.17. The highest BCUT2D eigenvalue weighted by atomic mass is 16.5. The molecule has 0 aliphatic heterocycles. The van der Waals surface area contributed by atoms with Crippen molar-refractivity contribution in [3.63, 3.8) is 0 Å². The van der Waals surface area contributed by atoms with Crippen LogP contribution in [0.5, 0.6) is 11.5 Å². The largest absolute Gasteiger partial charge is 0.496 e. The van der Waals surface area contributed by atoms with Gasteiger partial charge >= 0.3 is 0 Å². The number of hydrogen-bond donors (Lipinski definition) is 1. The fourth-order valence-corrected chi connectivity index (χ4v) is 3.09. The number of amides is 1. The average Bonchev–Trinajstić information content (AvgIpc) is 2.65. The first kappa shape index (κ1) is 20.8. The van der Waals surface area contributed by atoms with Crippen molar-refractivity contribution in [1.82, 2.24) is 5.32 Å². The minimum atomic E-state index is -0.100. The maximum atomic E-state index is 12.6. The van der Waals surface area contributed by atoms with Crippen molar-refractivity contribution in [2.45, 2.75) is 53.0 Å². The third kappa shape index (κ3) is 5.25. The number of rotatable bonds is 8. The van der Waals surface area contributed by atoms with Crippen LogP contribution in [-0.4, -0.2) is 19.6 Å². The number of benzene rings is 2. The van der Waals surface area contributed by atoms with Gasteiger partial charge in [0.15, 0.2) is 0 Å². The van der Waals surface area contributed by atoms with Crippen molar-refractivity contribution in [3.8, 4) is 11.5 Å². The molecule has 1 atom stereocenters. The lowest BCUT2D eigenvalue weighted by Gasteiger charge is -2.21. The molecule has 0 radical (unpaired) electrons. The van der Waals surface area contributed by atoms with Gasteiger partial charge in [-0.05, 0) is 79.3 Å². The van der Waals surface area contributed by atoms with E-state index in [-0.39, 0.29) is 11.9 Å². The van der Waals surface area contributed by atoms with Crippen molar-refractivity contribution in [2.24, 2.45) is 0 Å². The fourth-order valence-electron chi connectivity index (χ4n) is 3.09. The predicted molar refractivity (Wildman–Crippen MR) is 110 cm³/mol. The number of carbonyl (C=O) groups excluding carboxylic acids is 1. The van der Waals surface area contributed by atoms with Gasteiger partial charge in [-0.3, -0.25) is 4.79 Å². The topological polar surface area (TPSA) is 47.6 Å². The van der Waals surface area contributed by atoms with Crippen LogP contribution in [0.2, 0.25) is 0 Å². The molecule has 0 saturated heterocycles. The van der Waals surface area contributed by atoms with Crippen LogP contribution < -0.4 is 14.8 Å². The van der Waals surface area contributed by atoms with Gasteiger partial charge in [0.05, 0.1) is 19.8 Å². The van der Waals surface area contributed by atoms with Crippen LogP contribution in [0.25, 0.3) is 0 Å². The molecule has 27 heavy (non-hydrogen) atoms. The first-order valence-corrected chi connectivity index (χ1v) is 9.59. The van der Waals surface area contributed by atoms with Crippen molar-refractivity contribution < 1.29 is 14.3 Å². The molecule has 4 nitrogen and oxygen atoms in total. The summed E-state index contributed by atoms with van der Waals surface area (Å²) < 4.78 is 11.1.